The van der Waals surface area contributed by atoms with Gasteiger partial charge in [0.15, 0.2) is 5.82 Å². The van der Waals surface area contributed by atoms with E-state index in [1.54, 1.807) is 0 Å². The van der Waals surface area contributed by atoms with Crippen LogP contribution >= 0.6 is 0 Å². The Bertz CT molecular complexity index is 808. The Morgan fingerprint density at radius 2 is 2.00 bits per heavy atom. The monoisotopic (exact) mass is 415 g/mol. The fraction of sp³-hybridized carbons (Fsp3) is 0.556. The third-order valence-electron chi connectivity index (χ3n) is 4.32. The van der Waals surface area contributed by atoms with E-state index in [0.717, 1.165) is 37.8 Å². The summed E-state index contributed by atoms with van der Waals surface area (Å²) in [4.78, 5) is 11.2. The van der Waals surface area contributed by atoms with Crippen molar-refractivity contribution in [1.82, 2.24) is 20.0 Å². The van der Waals surface area contributed by atoms with E-state index in [1.807, 2.05) is 32.2 Å². The molecule has 0 radical (unpaired) electrons. The molecule has 0 aromatic carbocycles. The third-order valence-corrected chi connectivity index (χ3v) is 4.32. The molecule has 2 aromatic rings. The molecular formula is C18H24F3N5O3. The number of carbonyl (C=O) groups is 1. The van der Waals surface area contributed by atoms with Gasteiger partial charge in [0.2, 0.25) is 0 Å². The number of nitrogens with zero attached hydrogens (tertiary/aromatic N) is 5. The second-order valence-electron chi connectivity index (χ2n) is 6.44. The number of fused-ring (bicyclic) bond motifs is 1. The summed E-state index contributed by atoms with van der Waals surface area (Å²) >= 11 is 0. The molecule has 0 saturated carbocycles. The van der Waals surface area contributed by atoms with Crippen molar-refractivity contribution in [3.05, 3.63) is 35.3 Å². The first-order valence-electron chi connectivity index (χ1n) is 9.15. The number of hydrogen-bond donors (Lipinski definition) is 1. The molecular weight excluding hydrogens is 391 g/mol. The molecule has 8 nitrogen and oxygen atoms in total. The van der Waals surface area contributed by atoms with E-state index in [0.29, 0.717) is 12.5 Å². The number of carboxylic acid groups (broad SMARTS) is 1. The van der Waals surface area contributed by atoms with Crippen LogP contribution in [0, 0.1) is 6.92 Å². The van der Waals surface area contributed by atoms with Gasteiger partial charge in [-0.3, -0.25) is 4.68 Å². The molecule has 160 valence electrons. The number of rotatable bonds is 5. The van der Waals surface area contributed by atoms with Crippen molar-refractivity contribution >= 4 is 11.8 Å². The first kappa shape index (κ1) is 22.6. The Kier molecular flexibility index (Phi) is 7.54. The quantitative estimate of drug-likeness (QED) is 0.803. The van der Waals surface area contributed by atoms with Crippen molar-refractivity contribution in [3.63, 3.8) is 0 Å². The molecule has 2 aromatic heterocycles. The average molecular weight is 415 g/mol. The Labute approximate surface area is 166 Å². The largest absolute Gasteiger partial charge is 0.490 e. The van der Waals surface area contributed by atoms with E-state index in [1.165, 1.54) is 11.3 Å². The highest BCUT2D eigenvalue weighted by Gasteiger charge is 2.38. The number of ether oxygens (including phenoxy) is 1. The fourth-order valence-corrected chi connectivity index (χ4v) is 3.03. The van der Waals surface area contributed by atoms with Crippen LogP contribution in [0.2, 0.25) is 0 Å². The highest BCUT2D eigenvalue weighted by Crippen LogP contribution is 2.31. The summed E-state index contributed by atoms with van der Waals surface area (Å²) in [5.74, 6) is -1.52. The van der Waals surface area contributed by atoms with Crippen LogP contribution in [0.5, 0.6) is 0 Å². The molecule has 0 amide bonds. The molecule has 0 fully saturated rings. The maximum absolute atomic E-state index is 10.6. The number of carboxylic acids is 1. The van der Waals surface area contributed by atoms with Gasteiger partial charge in [-0.1, -0.05) is 0 Å². The SMILES string of the molecule is CCOCC1CN(c2ccc(C)nn2)Cc2cnn(CC)c21.O=C(O)C(F)(F)F. The molecule has 0 saturated heterocycles. The van der Waals surface area contributed by atoms with Crippen LogP contribution in [-0.4, -0.2) is 57.0 Å². The third kappa shape index (κ3) is 5.89. The second-order valence-corrected chi connectivity index (χ2v) is 6.44. The van der Waals surface area contributed by atoms with Crippen molar-refractivity contribution in [1.29, 1.82) is 0 Å². The smallest absolute Gasteiger partial charge is 0.475 e. The number of aliphatic carboxylic acids is 1. The predicted molar refractivity (Wildman–Crippen MR) is 98.6 cm³/mol. The number of aryl methyl sites for hydroxylation is 2. The topological polar surface area (TPSA) is 93.4 Å². The Morgan fingerprint density at radius 3 is 2.52 bits per heavy atom. The van der Waals surface area contributed by atoms with Crippen LogP contribution in [-0.2, 0) is 22.6 Å². The summed E-state index contributed by atoms with van der Waals surface area (Å²) in [5, 5.41) is 20.1. The van der Waals surface area contributed by atoms with Gasteiger partial charge in [0.25, 0.3) is 0 Å². The fourth-order valence-electron chi connectivity index (χ4n) is 3.03. The number of anilines is 1. The number of alkyl halides is 3. The summed E-state index contributed by atoms with van der Waals surface area (Å²) < 4.78 is 39.5. The molecule has 11 heteroatoms. The zero-order valence-electron chi connectivity index (χ0n) is 16.5. The van der Waals surface area contributed by atoms with Crippen LogP contribution in [0.25, 0.3) is 0 Å². The highest BCUT2D eigenvalue weighted by atomic mass is 19.4. The van der Waals surface area contributed by atoms with E-state index in [4.69, 9.17) is 14.6 Å². The Morgan fingerprint density at radius 1 is 1.31 bits per heavy atom. The normalized spacial score (nSPS) is 16.1. The van der Waals surface area contributed by atoms with Gasteiger partial charge in [-0.25, -0.2) is 4.79 Å². The zero-order chi connectivity index (χ0) is 21.6. The minimum absolute atomic E-state index is 0.314. The lowest BCUT2D eigenvalue weighted by Crippen LogP contribution is -2.37. The van der Waals surface area contributed by atoms with Gasteiger partial charge in [-0.15, -0.1) is 5.10 Å². The maximum atomic E-state index is 10.6. The molecule has 1 aliphatic heterocycles. The van der Waals surface area contributed by atoms with E-state index < -0.39 is 12.1 Å². The van der Waals surface area contributed by atoms with E-state index in [2.05, 4.69) is 31.8 Å². The molecule has 1 atom stereocenters. The molecule has 1 N–H and O–H groups in total. The van der Waals surface area contributed by atoms with Gasteiger partial charge < -0.3 is 14.7 Å². The van der Waals surface area contributed by atoms with Crippen LogP contribution in [0.4, 0.5) is 19.0 Å². The molecule has 3 heterocycles. The minimum Gasteiger partial charge on any atom is -0.475 e. The minimum atomic E-state index is -5.08. The van der Waals surface area contributed by atoms with Gasteiger partial charge in [0.05, 0.1) is 24.2 Å². The molecule has 29 heavy (non-hydrogen) atoms. The molecule has 0 aliphatic carbocycles. The summed E-state index contributed by atoms with van der Waals surface area (Å²) in [7, 11) is 0. The van der Waals surface area contributed by atoms with Crippen molar-refractivity contribution < 1.29 is 27.8 Å². The maximum Gasteiger partial charge on any atom is 0.490 e. The van der Waals surface area contributed by atoms with E-state index >= 15 is 0 Å². The number of aromatic nitrogens is 4. The summed E-state index contributed by atoms with van der Waals surface area (Å²) in [6.45, 7) is 10.2. The average Bonchev–Trinajstić information content (AvgIpc) is 3.09. The summed E-state index contributed by atoms with van der Waals surface area (Å²) in [6.07, 6.45) is -3.11. The number of halogens is 3. The Hall–Kier alpha value is -2.69. The summed E-state index contributed by atoms with van der Waals surface area (Å²) in [6, 6.07) is 4.04. The van der Waals surface area contributed by atoms with Gasteiger partial charge in [0, 0.05) is 37.7 Å². The Balaban J connectivity index is 0.000000370. The molecule has 3 rings (SSSR count). The van der Waals surface area contributed by atoms with Crippen molar-refractivity contribution in [2.45, 2.75) is 46.0 Å². The van der Waals surface area contributed by atoms with Gasteiger partial charge >= 0.3 is 12.1 Å². The van der Waals surface area contributed by atoms with Crippen LogP contribution in [0.15, 0.2) is 18.3 Å². The van der Waals surface area contributed by atoms with Crippen molar-refractivity contribution in [2.24, 2.45) is 0 Å². The van der Waals surface area contributed by atoms with Crippen LogP contribution in [0.3, 0.4) is 0 Å². The van der Waals surface area contributed by atoms with Crippen LogP contribution in [0.1, 0.15) is 36.7 Å². The standard InChI is InChI=1S/C16H23N5O.C2HF3O2/c1-4-21-16-13(8-17-21)9-20(10-14(16)11-22-5-2)15-7-6-12(3)18-19-15;3-2(4,5)1(6)7/h6-8,14H,4-5,9-11H2,1-3H3;(H,6,7). The highest BCUT2D eigenvalue weighted by molar-refractivity contribution is 5.73. The van der Waals surface area contributed by atoms with E-state index in [-0.39, 0.29) is 0 Å². The van der Waals surface area contributed by atoms with Gasteiger partial charge in [-0.2, -0.15) is 23.4 Å². The van der Waals surface area contributed by atoms with Crippen molar-refractivity contribution in [2.75, 3.05) is 24.7 Å². The van der Waals surface area contributed by atoms with Crippen LogP contribution < -0.4 is 4.90 Å². The first-order chi connectivity index (χ1) is 13.7. The molecule has 0 bridgehead atoms. The van der Waals surface area contributed by atoms with Gasteiger partial charge in [-0.05, 0) is 32.9 Å². The second kappa shape index (κ2) is 9.68. The lowest BCUT2D eigenvalue weighted by atomic mass is 9.97. The van der Waals surface area contributed by atoms with E-state index in [9.17, 15) is 13.2 Å². The van der Waals surface area contributed by atoms with Gasteiger partial charge in [0.1, 0.15) is 0 Å². The lowest BCUT2D eigenvalue weighted by Gasteiger charge is -2.33. The lowest BCUT2D eigenvalue weighted by molar-refractivity contribution is -0.192. The predicted octanol–water partition coefficient (Wildman–Crippen LogP) is 2.78. The molecule has 1 unspecified atom stereocenters. The zero-order valence-corrected chi connectivity index (χ0v) is 16.5. The molecule has 1 aliphatic rings. The van der Waals surface area contributed by atoms with Crippen molar-refractivity contribution in [3.8, 4) is 0 Å². The first-order valence-corrected chi connectivity index (χ1v) is 9.15. The molecule has 0 spiro atoms. The summed E-state index contributed by atoms with van der Waals surface area (Å²) in [5.41, 5.74) is 3.51. The number of hydrogen-bond acceptors (Lipinski definition) is 6.